The van der Waals surface area contributed by atoms with E-state index < -0.39 is 5.60 Å². The fraction of sp³-hybridized carbons (Fsp3) is 0.778. The van der Waals surface area contributed by atoms with Gasteiger partial charge in [0.25, 0.3) is 0 Å². The quantitative estimate of drug-likeness (QED) is 0.470. The van der Waals surface area contributed by atoms with E-state index in [4.69, 9.17) is 5.11 Å². The van der Waals surface area contributed by atoms with Gasteiger partial charge in [-0.05, 0) is 33.1 Å². The lowest BCUT2D eigenvalue weighted by atomic mass is 10.1. The van der Waals surface area contributed by atoms with E-state index in [9.17, 15) is 5.11 Å². The van der Waals surface area contributed by atoms with E-state index >= 15 is 0 Å². The lowest BCUT2D eigenvalue weighted by molar-refractivity contribution is 0.0838. The largest absolute Gasteiger partial charge is 0.396 e. The van der Waals surface area contributed by atoms with Crippen molar-refractivity contribution in [3.63, 3.8) is 0 Å². The highest BCUT2D eigenvalue weighted by atomic mass is 16.3. The lowest BCUT2D eigenvalue weighted by Crippen LogP contribution is -2.16. The Hall–Kier alpha value is -0.340. The third kappa shape index (κ3) is 9.66. The van der Waals surface area contributed by atoms with Gasteiger partial charge in [0.15, 0.2) is 0 Å². The Balaban J connectivity index is 3.30. The maximum Gasteiger partial charge on any atom is 0.0626 e. The summed E-state index contributed by atoms with van der Waals surface area (Å²) in [5, 5.41) is 17.7. The Morgan fingerprint density at radius 3 is 2.36 bits per heavy atom. The molecule has 0 rings (SSSR count). The molecular formula is C9H18O2. The van der Waals surface area contributed by atoms with Gasteiger partial charge in [0, 0.05) is 6.61 Å². The van der Waals surface area contributed by atoms with Gasteiger partial charge in [0.2, 0.25) is 0 Å². The summed E-state index contributed by atoms with van der Waals surface area (Å²) < 4.78 is 0. The summed E-state index contributed by atoms with van der Waals surface area (Å²) in [6, 6.07) is 0. The van der Waals surface area contributed by atoms with Crippen LogP contribution in [0.25, 0.3) is 0 Å². The van der Waals surface area contributed by atoms with Crippen LogP contribution >= 0.6 is 0 Å². The Bertz CT molecular complexity index is 111. The van der Waals surface area contributed by atoms with Crippen molar-refractivity contribution in [1.82, 2.24) is 0 Å². The van der Waals surface area contributed by atoms with Crippen molar-refractivity contribution in [2.45, 2.75) is 38.7 Å². The van der Waals surface area contributed by atoms with Gasteiger partial charge in [-0.15, -0.1) is 0 Å². The molecule has 0 radical (unpaired) electrons. The zero-order valence-electron chi connectivity index (χ0n) is 7.38. The maximum atomic E-state index is 9.27. The first-order chi connectivity index (χ1) is 5.06. The van der Waals surface area contributed by atoms with Crippen LogP contribution in [0.1, 0.15) is 33.1 Å². The minimum Gasteiger partial charge on any atom is -0.396 e. The van der Waals surface area contributed by atoms with E-state index in [0.717, 1.165) is 12.8 Å². The molecular weight excluding hydrogens is 140 g/mol. The summed E-state index contributed by atoms with van der Waals surface area (Å²) in [5.74, 6) is 0. The molecule has 0 atom stereocenters. The Morgan fingerprint density at radius 2 is 1.91 bits per heavy atom. The molecule has 0 aliphatic carbocycles. The number of unbranched alkanes of at least 4 members (excludes halogenated alkanes) is 1. The first kappa shape index (κ1) is 10.7. The summed E-state index contributed by atoms with van der Waals surface area (Å²) in [7, 11) is 0. The third-order valence-corrected chi connectivity index (χ3v) is 1.31. The molecule has 0 amide bonds. The van der Waals surface area contributed by atoms with E-state index in [2.05, 4.69) is 0 Å². The van der Waals surface area contributed by atoms with Gasteiger partial charge in [-0.2, -0.15) is 0 Å². The molecule has 0 aliphatic rings. The van der Waals surface area contributed by atoms with Crippen molar-refractivity contribution in [1.29, 1.82) is 0 Å². The van der Waals surface area contributed by atoms with Crippen molar-refractivity contribution in [3.8, 4) is 0 Å². The Labute approximate surface area is 68.6 Å². The summed E-state index contributed by atoms with van der Waals surface area (Å²) >= 11 is 0. The van der Waals surface area contributed by atoms with Crippen LogP contribution in [0.5, 0.6) is 0 Å². The highest BCUT2D eigenvalue weighted by Gasteiger charge is 2.08. The van der Waals surface area contributed by atoms with E-state index in [1.165, 1.54) is 0 Å². The molecule has 2 N–H and O–H groups in total. The van der Waals surface area contributed by atoms with Crippen molar-refractivity contribution >= 4 is 0 Å². The highest BCUT2D eigenvalue weighted by molar-refractivity contribution is 4.87. The summed E-state index contributed by atoms with van der Waals surface area (Å²) in [6.07, 6.45) is 6.33. The molecule has 0 saturated carbocycles. The van der Waals surface area contributed by atoms with Crippen LogP contribution in [-0.2, 0) is 0 Å². The average Bonchev–Trinajstić information content (AvgIpc) is 1.85. The van der Waals surface area contributed by atoms with Crippen LogP contribution in [0.2, 0.25) is 0 Å². The molecule has 0 bridgehead atoms. The van der Waals surface area contributed by atoms with Crippen LogP contribution in [0.4, 0.5) is 0 Å². The number of aliphatic hydroxyl groups excluding tert-OH is 1. The number of hydrogen-bond acceptors (Lipinski definition) is 2. The van der Waals surface area contributed by atoms with E-state index in [1.807, 2.05) is 12.2 Å². The molecule has 0 aromatic heterocycles. The van der Waals surface area contributed by atoms with Gasteiger partial charge >= 0.3 is 0 Å². The molecule has 2 nitrogen and oxygen atoms in total. The van der Waals surface area contributed by atoms with Gasteiger partial charge in [0.1, 0.15) is 0 Å². The van der Waals surface area contributed by atoms with Crippen molar-refractivity contribution in [2.75, 3.05) is 6.61 Å². The minimum absolute atomic E-state index is 0.243. The molecule has 0 spiro atoms. The summed E-state index contributed by atoms with van der Waals surface area (Å²) in [4.78, 5) is 0. The van der Waals surface area contributed by atoms with Crippen LogP contribution in [0.15, 0.2) is 12.2 Å². The number of hydrogen-bond donors (Lipinski definition) is 2. The van der Waals surface area contributed by atoms with Crippen LogP contribution in [0.3, 0.4) is 0 Å². The van der Waals surface area contributed by atoms with Crippen LogP contribution < -0.4 is 0 Å². The molecule has 0 unspecified atom stereocenters. The van der Waals surface area contributed by atoms with Gasteiger partial charge in [0.05, 0.1) is 5.60 Å². The first-order valence-corrected chi connectivity index (χ1v) is 4.04. The predicted molar refractivity (Wildman–Crippen MR) is 46.4 cm³/mol. The average molecular weight is 158 g/mol. The molecule has 0 heterocycles. The standard InChI is InChI=1S/C9H18O2/c1-9(2,11)7-5-3-4-6-8-10/h3,5,10-11H,4,6-8H2,1-2H3/b5-3+. The smallest absolute Gasteiger partial charge is 0.0626 e. The summed E-state index contributed by atoms with van der Waals surface area (Å²) in [6.45, 7) is 3.81. The van der Waals surface area contributed by atoms with Gasteiger partial charge < -0.3 is 10.2 Å². The SMILES string of the molecule is CC(C)(O)C/C=C/CCCO. The van der Waals surface area contributed by atoms with E-state index in [-0.39, 0.29) is 6.61 Å². The van der Waals surface area contributed by atoms with Crippen LogP contribution in [0, 0.1) is 0 Å². The zero-order chi connectivity index (χ0) is 8.74. The third-order valence-electron chi connectivity index (χ3n) is 1.31. The second kappa shape index (κ2) is 5.33. The molecule has 11 heavy (non-hydrogen) atoms. The number of rotatable bonds is 5. The predicted octanol–water partition coefficient (Wildman–Crippen LogP) is 1.48. The molecule has 0 fully saturated rings. The highest BCUT2D eigenvalue weighted by Crippen LogP contribution is 2.07. The Kier molecular flexibility index (Phi) is 5.16. The van der Waals surface area contributed by atoms with Crippen molar-refractivity contribution < 1.29 is 10.2 Å². The monoisotopic (exact) mass is 158 g/mol. The lowest BCUT2D eigenvalue weighted by Gasteiger charge is -2.13. The topological polar surface area (TPSA) is 40.5 Å². The number of allylic oxidation sites excluding steroid dienone is 1. The van der Waals surface area contributed by atoms with E-state index in [1.54, 1.807) is 13.8 Å². The van der Waals surface area contributed by atoms with Crippen molar-refractivity contribution in [3.05, 3.63) is 12.2 Å². The second-order valence-corrected chi connectivity index (χ2v) is 3.35. The zero-order valence-corrected chi connectivity index (χ0v) is 7.38. The maximum absolute atomic E-state index is 9.27. The number of aliphatic hydroxyl groups is 2. The van der Waals surface area contributed by atoms with Gasteiger partial charge in [-0.3, -0.25) is 0 Å². The minimum atomic E-state index is -0.601. The fourth-order valence-electron chi connectivity index (χ4n) is 0.699. The Morgan fingerprint density at radius 1 is 1.27 bits per heavy atom. The molecule has 0 aliphatic heterocycles. The molecule has 2 heteroatoms. The molecule has 0 saturated heterocycles. The molecule has 0 aromatic carbocycles. The van der Waals surface area contributed by atoms with Gasteiger partial charge in [-0.25, -0.2) is 0 Å². The first-order valence-electron chi connectivity index (χ1n) is 4.04. The normalized spacial score (nSPS) is 12.7. The van der Waals surface area contributed by atoms with Crippen LogP contribution in [-0.4, -0.2) is 22.4 Å². The fourth-order valence-corrected chi connectivity index (χ4v) is 0.699. The molecule has 66 valence electrons. The molecule has 0 aromatic rings. The van der Waals surface area contributed by atoms with E-state index in [0.29, 0.717) is 6.42 Å². The summed E-state index contributed by atoms with van der Waals surface area (Å²) in [5.41, 5.74) is -0.601. The van der Waals surface area contributed by atoms with Crippen molar-refractivity contribution in [2.24, 2.45) is 0 Å². The van der Waals surface area contributed by atoms with Gasteiger partial charge in [-0.1, -0.05) is 12.2 Å². The second-order valence-electron chi connectivity index (χ2n) is 3.35.